The van der Waals surface area contributed by atoms with Crippen LogP contribution in [0.4, 0.5) is 8.78 Å². The molecule has 19 heavy (non-hydrogen) atoms. The Labute approximate surface area is 113 Å². The largest absolute Gasteiger partial charge is 0.292 e. The second kappa shape index (κ2) is 4.90. The zero-order valence-corrected chi connectivity index (χ0v) is 11.1. The zero-order chi connectivity index (χ0) is 14.1. The third-order valence-electron chi connectivity index (χ3n) is 2.45. The summed E-state index contributed by atoms with van der Waals surface area (Å²) in [6, 6.07) is 7.22. The molecule has 1 heterocycles. The Morgan fingerprint density at radius 2 is 1.89 bits per heavy atom. The fraction of sp³-hybridized carbons (Fsp3) is 0.182. The predicted molar refractivity (Wildman–Crippen MR) is 65.6 cm³/mol. The van der Waals surface area contributed by atoms with Gasteiger partial charge in [0.25, 0.3) is 15.0 Å². The number of rotatable bonds is 4. The topological polar surface area (TPSA) is 52.0 Å². The molecule has 1 aromatic heterocycles. The average Bonchev–Trinajstić information content (AvgIpc) is 2.78. The number of hydrogen-bond acceptors (Lipinski definition) is 3. The summed E-state index contributed by atoms with van der Waals surface area (Å²) in [7, 11) is 1.13. The van der Waals surface area contributed by atoms with Crippen molar-refractivity contribution >= 4 is 19.7 Å². The van der Waals surface area contributed by atoms with Crippen LogP contribution in [0.5, 0.6) is 0 Å². The maximum atomic E-state index is 13.9. The summed E-state index contributed by atoms with van der Waals surface area (Å²) in [6.07, 6.45) is 1.91. The normalized spacial score (nSPS) is 12.6. The molecular formula is C11H9ClF2N2O2S. The van der Waals surface area contributed by atoms with Crippen LogP contribution in [0.25, 0.3) is 0 Å². The molecule has 0 radical (unpaired) electrons. The van der Waals surface area contributed by atoms with E-state index in [1.54, 1.807) is 6.07 Å². The van der Waals surface area contributed by atoms with E-state index in [0.717, 1.165) is 17.1 Å². The van der Waals surface area contributed by atoms with Crippen LogP contribution in [0.15, 0.2) is 47.6 Å². The van der Waals surface area contributed by atoms with Gasteiger partial charge >= 0.3 is 0 Å². The first kappa shape index (κ1) is 14.0. The Kier molecular flexibility index (Phi) is 3.60. The van der Waals surface area contributed by atoms with Crippen molar-refractivity contribution < 1.29 is 17.2 Å². The number of aromatic nitrogens is 2. The van der Waals surface area contributed by atoms with E-state index in [-0.39, 0.29) is 10.5 Å². The fourth-order valence-electron chi connectivity index (χ4n) is 1.53. The molecule has 0 aliphatic heterocycles. The van der Waals surface area contributed by atoms with E-state index in [0.29, 0.717) is 0 Å². The van der Waals surface area contributed by atoms with Crippen molar-refractivity contribution in [3.63, 3.8) is 0 Å². The van der Waals surface area contributed by atoms with Gasteiger partial charge in [-0.1, -0.05) is 30.3 Å². The average molecular weight is 307 g/mol. The van der Waals surface area contributed by atoms with Crippen LogP contribution in [0, 0.1) is 0 Å². The van der Waals surface area contributed by atoms with E-state index in [1.165, 1.54) is 24.3 Å². The van der Waals surface area contributed by atoms with Crippen LogP contribution in [0.3, 0.4) is 0 Å². The van der Waals surface area contributed by atoms with Gasteiger partial charge in [-0.05, 0) is 0 Å². The molecule has 0 saturated carbocycles. The minimum absolute atomic E-state index is 0.166. The van der Waals surface area contributed by atoms with Crippen LogP contribution in [-0.2, 0) is 21.5 Å². The molecule has 0 atom stereocenters. The molecule has 0 aliphatic carbocycles. The molecule has 4 nitrogen and oxygen atoms in total. The molecule has 0 amide bonds. The molecule has 8 heteroatoms. The molecule has 1 aromatic carbocycles. The maximum absolute atomic E-state index is 13.9. The van der Waals surface area contributed by atoms with Gasteiger partial charge in [-0.25, -0.2) is 8.42 Å². The maximum Gasteiger partial charge on any atom is 0.292 e. The molecule has 0 saturated heterocycles. The van der Waals surface area contributed by atoms with E-state index in [4.69, 9.17) is 10.7 Å². The lowest BCUT2D eigenvalue weighted by molar-refractivity contribution is -0.0254. The van der Waals surface area contributed by atoms with Crippen molar-refractivity contribution in [2.45, 2.75) is 17.4 Å². The third-order valence-corrected chi connectivity index (χ3v) is 3.76. The fourth-order valence-corrected chi connectivity index (χ4v) is 2.19. The molecule has 102 valence electrons. The second-order valence-corrected chi connectivity index (χ2v) is 6.45. The molecule has 0 bridgehead atoms. The van der Waals surface area contributed by atoms with Crippen molar-refractivity contribution in [3.8, 4) is 0 Å². The number of nitrogens with zero attached hydrogens (tertiary/aromatic N) is 2. The SMILES string of the molecule is O=S(=O)(Cl)c1cnn(CC(F)(F)c2ccccc2)c1. The van der Waals surface area contributed by atoms with Crippen LogP contribution < -0.4 is 0 Å². The highest BCUT2D eigenvalue weighted by Gasteiger charge is 2.32. The molecule has 2 rings (SSSR count). The van der Waals surface area contributed by atoms with Crippen molar-refractivity contribution in [2.75, 3.05) is 0 Å². The van der Waals surface area contributed by atoms with E-state index >= 15 is 0 Å². The van der Waals surface area contributed by atoms with E-state index in [2.05, 4.69) is 5.10 Å². The lowest BCUT2D eigenvalue weighted by Gasteiger charge is -2.16. The Morgan fingerprint density at radius 1 is 1.26 bits per heavy atom. The van der Waals surface area contributed by atoms with Gasteiger partial charge in [0.2, 0.25) is 0 Å². The van der Waals surface area contributed by atoms with E-state index in [1.807, 2.05) is 0 Å². The van der Waals surface area contributed by atoms with Crippen LogP contribution in [0.2, 0.25) is 0 Å². The lowest BCUT2D eigenvalue weighted by atomic mass is 10.1. The molecular weight excluding hydrogens is 298 g/mol. The number of benzene rings is 1. The Hall–Kier alpha value is -1.47. The highest BCUT2D eigenvalue weighted by molar-refractivity contribution is 8.13. The number of hydrogen-bond donors (Lipinski definition) is 0. The van der Waals surface area contributed by atoms with Crippen molar-refractivity contribution in [3.05, 3.63) is 48.3 Å². The summed E-state index contributed by atoms with van der Waals surface area (Å²) in [6.45, 7) is -0.760. The summed E-state index contributed by atoms with van der Waals surface area (Å²) in [5.74, 6) is -3.15. The Bertz CT molecular complexity index is 671. The summed E-state index contributed by atoms with van der Waals surface area (Å²) in [5.41, 5.74) is -0.166. The van der Waals surface area contributed by atoms with Gasteiger partial charge < -0.3 is 0 Å². The first-order chi connectivity index (χ1) is 8.79. The lowest BCUT2D eigenvalue weighted by Crippen LogP contribution is -2.21. The molecule has 0 aliphatic rings. The first-order valence-electron chi connectivity index (χ1n) is 5.19. The molecule has 2 aromatic rings. The molecule has 0 fully saturated rings. The second-order valence-electron chi connectivity index (χ2n) is 3.88. The van der Waals surface area contributed by atoms with Crippen molar-refractivity contribution in [1.29, 1.82) is 0 Å². The van der Waals surface area contributed by atoms with Gasteiger partial charge in [0.15, 0.2) is 0 Å². The summed E-state index contributed by atoms with van der Waals surface area (Å²) >= 11 is 0. The van der Waals surface area contributed by atoms with Crippen LogP contribution in [-0.4, -0.2) is 18.2 Å². The summed E-state index contributed by atoms with van der Waals surface area (Å²) in [5, 5.41) is 3.57. The summed E-state index contributed by atoms with van der Waals surface area (Å²) < 4.78 is 50.7. The van der Waals surface area contributed by atoms with Crippen molar-refractivity contribution in [1.82, 2.24) is 9.78 Å². The zero-order valence-electron chi connectivity index (χ0n) is 9.50. The van der Waals surface area contributed by atoms with E-state index in [9.17, 15) is 17.2 Å². The first-order valence-corrected chi connectivity index (χ1v) is 7.50. The van der Waals surface area contributed by atoms with Gasteiger partial charge in [0, 0.05) is 22.4 Å². The van der Waals surface area contributed by atoms with Gasteiger partial charge in [-0.2, -0.15) is 13.9 Å². The monoisotopic (exact) mass is 306 g/mol. The van der Waals surface area contributed by atoms with Crippen molar-refractivity contribution in [2.24, 2.45) is 0 Å². The van der Waals surface area contributed by atoms with Gasteiger partial charge in [-0.3, -0.25) is 4.68 Å². The van der Waals surface area contributed by atoms with Crippen LogP contribution >= 0.6 is 10.7 Å². The minimum atomic E-state index is -3.96. The van der Waals surface area contributed by atoms with Gasteiger partial charge in [0.05, 0.1) is 6.20 Å². The Morgan fingerprint density at radius 3 is 2.42 bits per heavy atom. The number of halogens is 3. The quantitative estimate of drug-likeness (QED) is 0.816. The Balaban J connectivity index is 2.24. The molecule has 0 N–H and O–H groups in total. The van der Waals surface area contributed by atoms with E-state index < -0.39 is 21.5 Å². The predicted octanol–water partition coefficient (Wildman–Crippen LogP) is 2.60. The smallest absolute Gasteiger partial charge is 0.265 e. The standard InChI is InChI=1S/C11H9ClF2N2O2S/c12-19(17,18)10-6-15-16(7-10)8-11(13,14)9-4-2-1-3-5-9/h1-7H,8H2. The number of alkyl halides is 2. The summed E-state index contributed by atoms with van der Waals surface area (Å²) in [4.78, 5) is -0.307. The van der Waals surface area contributed by atoms with Crippen LogP contribution in [0.1, 0.15) is 5.56 Å². The van der Waals surface area contributed by atoms with Gasteiger partial charge in [-0.15, -0.1) is 0 Å². The highest BCUT2D eigenvalue weighted by atomic mass is 35.7. The molecule has 0 unspecified atom stereocenters. The third kappa shape index (κ3) is 3.30. The highest BCUT2D eigenvalue weighted by Crippen LogP contribution is 2.29. The van der Waals surface area contributed by atoms with Gasteiger partial charge in [0.1, 0.15) is 11.4 Å². The minimum Gasteiger partial charge on any atom is -0.265 e. The molecule has 0 spiro atoms.